The minimum Gasteiger partial charge on any atom is -0.389 e. The molecule has 0 saturated carbocycles. The van der Waals surface area contributed by atoms with Gasteiger partial charge in [0.05, 0.1) is 19.3 Å². The molecule has 0 aliphatic heterocycles. The van der Waals surface area contributed by atoms with Crippen molar-refractivity contribution in [3.63, 3.8) is 0 Å². The van der Waals surface area contributed by atoms with Crippen LogP contribution in [0.5, 0.6) is 0 Å². The van der Waals surface area contributed by atoms with Crippen LogP contribution in [0, 0.1) is 5.92 Å². The summed E-state index contributed by atoms with van der Waals surface area (Å²) < 4.78 is 53.4. The summed E-state index contributed by atoms with van der Waals surface area (Å²) >= 11 is 0. The third-order valence-corrected chi connectivity index (χ3v) is 1.82. The molecule has 0 aromatic rings. The van der Waals surface area contributed by atoms with Gasteiger partial charge in [-0.25, -0.2) is 8.78 Å². The lowest BCUT2D eigenvalue weighted by Gasteiger charge is -2.18. The molecular weight excluding hydrogens is 242 g/mol. The van der Waals surface area contributed by atoms with Crippen LogP contribution >= 0.6 is 0 Å². The van der Waals surface area contributed by atoms with E-state index in [4.69, 9.17) is 4.74 Å². The summed E-state index contributed by atoms with van der Waals surface area (Å²) in [5.74, 6) is -3.77. The Kier molecular flexibility index (Phi) is 7.65. The summed E-state index contributed by atoms with van der Waals surface area (Å²) in [6, 6.07) is 0. The molecule has 0 bridgehead atoms. The third kappa shape index (κ3) is 8.34. The van der Waals surface area contributed by atoms with Crippen LogP contribution in [0.15, 0.2) is 0 Å². The summed E-state index contributed by atoms with van der Waals surface area (Å²) in [5.41, 5.74) is 0. The Labute approximate surface area is 98.1 Å². The number of aliphatic hydroxyl groups is 1. The second-order valence-electron chi connectivity index (χ2n) is 4.28. The molecule has 0 aromatic heterocycles. The summed E-state index contributed by atoms with van der Waals surface area (Å²) in [4.78, 5) is 0. The maximum Gasteiger partial charge on any atom is 0.319 e. The zero-order valence-corrected chi connectivity index (χ0v) is 9.93. The largest absolute Gasteiger partial charge is 0.389 e. The van der Waals surface area contributed by atoms with Crippen LogP contribution in [0.3, 0.4) is 0 Å². The second kappa shape index (κ2) is 7.84. The van der Waals surface area contributed by atoms with Gasteiger partial charge in [0.25, 0.3) is 0 Å². The van der Waals surface area contributed by atoms with Crippen molar-refractivity contribution in [2.24, 2.45) is 5.92 Å². The molecule has 0 amide bonds. The maximum absolute atomic E-state index is 12.4. The normalized spacial score (nSPS) is 14.6. The topological polar surface area (TPSA) is 41.5 Å². The van der Waals surface area contributed by atoms with Gasteiger partial charge in [0, 0.05) is 13.2 Å². The minimum absolute atomic E-state index is 0.00850. The van der Waals surface area contributed by atoms with Crippen molar-refractivity contribution in [1.29, 1.82) is 0 Å². The number of aliphatic hydroxyl groups excluding tert-OH is 1. The van der Waals surface area contributed by atoms with Crippen LogP contribution in [-0.4, -0.2) is 49.9 Å². The number of nitrogens with one attached hydrogen (secondary N) is 1. The lowest BCUT2D eigenvalue weighted by molar-refractivity contribution is -0.126. The Balaban J connectivity index is 3.61. The molecule has 0 rings (SSSR count). The van der Waals surface area contributed by atoms with E-state index in [2.05, 4.69) is 5.32 Å². The van der Waals surface area contributed by atoms with E-state index in [0.29, 0.717) is 12.5 Å². The molecule has 17 heavy (non-hydrogen) atoms. The predicted octanol–water partition coefficient (Wildman–Crippen LogP) is 1.51. The number of halogens is 4. The lowest BCUT2D eigenvalue weighted by atomic mass is 10.2. The molecule has 0 fully saturated rings. The monoisotopic (exact) mass is 261 g/mol. The van der Waals surface area contributed by atoms with E-state index < -0.39 is 25.0 Å². The van der Waals surface area contributed by atoms with Crippen LogP contribution in [0.25, 0.3) is 0 Å². The van der Waals surface area contributed by atoms with E-state index >= 15 is 0 Å². The average Bonchev–Trinajstić information content (AvgIpc) is 2.16. The smallest absolute Gasteiger partial charge is 0.319 e. The zero-order valence-electron chi connectivity index (χ0n) is 9.93. The van der Waals surface area contributed by atoms with Crippen LogP contribution < -0.4 is 5.32 Å². The number of alkyl halides is 4. The number of rotatable bonds is 9. The van der Waals surface area contributed by atoms with Gasteiger partial charge >= 0.3 is 12.3 Å². The highest BCUT2D eigenvalue weighted by atomic mass is 19.3. The van der Waals surface area contributed by atoms with Crippen molar-refractivity contribution in [2.45, 2.75) is 32.3 Å². The first-order valence-corrected chi connectivity index (χ1v) is 5.38. The van der Waals surface area contributed by atoms with Gasteiger partial charge < -0.3 is 15.2 Å². The van der Waals surface area contributed by atoms with Crippen LogP contribution in [0.4, 0.5) is 17.6 Å². The van der Waals surface area contributed by atoms with Crippen molar-refractivity contribution < 1.29 is 27.4 Å². The number of ether oxygens (including phenoxy) is 1. The van der Waals surface area contributed by atoms with E-state index in [-0.39, 0.29) is 13.2 Å². The van der Waals surface area contributed by atoms with Crippen LogP contribution in [-0.2, 0) is 4.74 Å². The quantitative estimate of drug-likeness (QED) is 0.618. The Bertz CT molecular complexity index is 203. The van der Waals surface area contributed by atoms with E-state index in [9.17, 15) is 22.7 Å². The zero-order chi connectivity index (χ0) is 13.5. The molecular formula is C10H19F4NO2. The maximum atomic E-state index is 12.4. The van der Waals surface area contributed by atoms with Gasteiger partial charge in [-0.2, -0.15) is 8.78 Å². The fourth-order valence-electron chi connectivity index (χ4n) is 0.981. The van der Waals surface area contributed by atoms with E-state index in [0.717, 1.165) is 0 Å². The Hall–Kier alpha value is -0.400. The fourth-order valence-corrected chi connectivity index (χ4v) is 0.981. The van der Waals surface area contributed by atoms with Gasteiger partial charge in [0.15, 0.2) is 0 Å². The van der Waals surface area contributed by atoms with E-state index in [1.54, 1.807) is 0 Å². The molecule has 3 nitrogen and oxygen atoms in total. The first kappa shape index (κ1) is 16.6. The van der Waals surface area contributed by atoms with Crippen LogP contribution in [0.2, 0.25) is 0 Å². The van der Waals surface area contributed by atoms with Gasteiger partial charge in [-0.3, -0.25) is 0 Å². The highest BCUT2D eigenvalue weighted by Gasteiger charge is 2.40. The molecule has 0 radical (unpaired) electrons. The standard InChI is InChI=1S/C10H19F4NO2/c1-7(2)4-17-5-8(16)3-15-6-10(13,14)9(11)12/h7-9,15-16H,3-6H2,1-2H3. The molecule has 2 N–H and O–H groups in total. The third-order valence-electron chi connectivity index (χ3n) is 1.82. The molecule has 0 spiro atoms. The second-order valence-corrected chi connectivity index (χ2v) is 4.28. The van der Waals surface area contributed by atoms with Crippen molar-refractivity contribution in [3.05, 3.63) is 0 Å². The van der Waals surface area contributed by atoms with Gasteiger partial charge in [0.2, 0.25) is 0 Å². The summed E-state index contributed by atoms with van der Waals surface area (Å²) in [7, 11) is 0. The predicted molar refractivity (Wildman–Crippen MR) is 55.5 cm³/mol. The molecule has 104 valence electrons. The Morgan fingerprint density at radius 1 is 1.24 bits per heavy atom. The van der Waals surface area contributed by atoms with Gasteiger partial charge in [0.1, 0.15) is 0 Å². The molecule has 0 heterocycles. The molecule has 7 heteroatoms. The molecule has 0 aliphatic rings. The van der Waals surface area contributed by atoms with Crippen molar-refractivity contribution in [1.82, 2.24) is 5.32 Å². The Morgan fingerprint density at radius 3 is 2.29 bits per heavy atom. The number of hydrogen-bond acceptors (Lipinski definition) is 3. The Morgan fingerprint density at radius 2 is 1.82 bits per heavy atom. The highest BCUT2D eigenvalue weighted by molar-refractivity contribution is 4.73. The van der Waals surface area contributed by atoms with Crippen molar-refractivity contribution in [2.75, 3.05) is 26.3 Å². The number of hydrogen-bond donors (Lipinski definition) is 2. The average molecular weight is 261 g/mol. The van der Waals surface area contributed by atoms with Gasteiger partial charge in [-0.05, 0) is 5.92 Å². The van der Waals surface area contributed by atoms with Crippen LogP contribution in [0.1, 0.15) is 13.8 Å². The molecule has 0 aliphatic carbocycles. The SMILES string of the molecule is CC(C)COCC(O)CNCC(F)(F)C(F)F. The van der Waals surface area contributed by atoms with Crippen molar-refractivity contribution >= 4 is 0 Å². The first-order valence-electron chi connectivity index (χ1n) is 5.38. The summed E-state index contributed by atoms with van der Waals surface area (Å²) in [6.07, 6.45) is -4.69. The minimum atomic E-state index is -4.07. The molecule has 1 unspecified atom stereocenters. The van der Waals surface area contributed by atoms with Gasteiger partial charge in [-0.15, -0.1) is 0 Å². The van der Waals surface area contributed by atoms with E-state index in [1.807, 2.05) is 13.8 Å². The van der Waals surface area contributed by atoms with E-state index in [1.165, 1.54) is 0 Å². The summed E-state index contributed by atoms with van der Waals surface area (Å²) in [6.45, 7) is 2.92. The molecule has 1 atom stereocenters. The summed E-state index contributed by atoms with van der Waals surface area (Å²) in [5, 5.41) is 11.4. The van der Waals surface area contributed by atoms with Crippen molar-refractivity contribution in [3.8, 4) is 0 Å². The van der Waals surface area contributed by atoms with Gasteiger partial charge in [-0.1, -0.05) is 13.8 Å². The fraction of sp³-hybridized carbons (Fsp3) is 1.00. The lowest BCUT2D eigenvalue weighted by Crippen LogP contribution is -2.42. The molecule has 0 saturated heterocycles. The first-order chi connectivity index (χ1) is 7.75. The highest BCUT2D eigenvalue weighted by Crippen LogP contribution is 2.21. The molecule has 0 aromatic carbocycles.